The van der Waals surface area contributed by atoms with Crippen LogP contribution in [0.15, 0.2) is 88.1 Å². The first-order valence-electron chi connectivity index (χ1n) is 10.5. The lowest BCUT2D eigenvalue weighted by molar-refractivity contribution is -0.0328. The fourth-order valence-electron chi connectivity index (χ4n) is 3.96. The van der Waals surface area contributed by atoms with Gasteiger partial charge in [-0.2, -0.15) is 13.2 Å². The number of rotatable bonds is 6. The van der Waals surface area contributed by atoms with Crippen molar-refractivity contribution in [1.82, 2.24) is 14.1 Å². The van der Waals surface area contributed by atoms with E-state index in [4.69, 9.17) is 0 Å². The van der Waals surface area contributed by atoms with Crippen molar-refractivity contribution in [3.8, 4) is 11.6 Å². The van der Waals surface area contributed by atoms with Crippen molar-refractivity contribution >= 4 is 33.2 Å². The van der Waals surface area contributed by atoms with Gasteiger partial charge in [0.15, 0.2) is 0 Å². The normalized spacial score (nSPS) is 11.9. The predicted molar refractivity (Wildman–Crippen MR) is 132 cm³/mol. The molecule has 0 aliphatic heterocycles. The Morgan fingerprint density at radius 2 is 1.71 bits per heavy atom. The lowest BCUT2D eigenvalue weighted by Crippen LogP contribution is -2.24. The number of halogens is 3. The highest BCUT2D eigenvalue weighted by Gasteiger charge is 2.29. The van der Waals surface area contributed by atoms with Crippen LogP contribution in [-0.4, -0.2) is 24.7 Å². The molecule has 0 saturated carbocycles. The summed E-state index contributed by atoms with van der Waals surface area (Å²) in [5.41, 5.74) is -2.39. The number of hydrogen-bond acceptors (Lipinski definition) is 5. The van der Waals surface area contributed by atoms with Gasteiger partial charge in [-0.1, -0.05) is 18.2 Å². The van der Waals surface area contributed by atoms with Crippen LogP contribution in [-0.2, 0) is 13.0 Å². The number of thioether (sulfide) groups is 1. The highest BCUT2D eigenvalue weighted by atomic mass is 32.2. The number of hydrogen-bond donors (Lipinski definition) is 1. The van der Waals surface area contributed by atoms with Crippen LogP contribution < -0.4 is 5.69 Å². The second kappa shape index (κ2) is 9.27. The number of fused-ring (bicyclic) bond motifs is 1. The summed E-state index contributed by atoms with van der Waals surface area (Å²) in [5.74, 6) is -0.240. The van der Waals surface area contributed by atoms with Crippen LogP contribution in [0.4, 0.5) is 13.2 Å². The fraction of sp³-hybridized carbons (Fsp3) is 0.120. The summed E-state index contributed by atoms with van der Waals surface area (Å²) in [6, 6.07) is 16.8. The molecule has 0 amide bonds. The lowest BCUT2D eigenvalue weighted by atomic mass is 10.1. The average molecular weight is 514 g/mol. The summed E-state index contributed by atoms with van der Waals surface area (Å²) in [5, 5.41) is 14.2. The van der Waals surface area contributed by atoms with Gasteiger partial charge >= 0.3 is 11.2 Å². The maximum absolute atomic E-state index is 13.5. The van der Waals surface area contributed by atoms with E-state index in [9.17, 15) is 23.1 Å². The Morgan fingerprint density at radius 1 is 1.00 bits per heavy atom. The molecule has 0 aliphatic carbocycles. The molecule has 0 saturated heterocycles. The van der Waals surface area contributed by atoms with Gasteiger partial charge in [0.2, 0.25) is 5.88 Å². The molecule has 2 aromatic carbocycles. The first-order valence-corrected chi connectivity index (χ1v) is 12.2. The number of aromatic nitrogens is 3. The molecule has 5 rings (SSSR count). The number of benzene rings is 2. The van der Waals surface area contributed by atoms with E-state index in [2.05, 4.69) is 4.98 Å². The minimum atomic E-state index is -4.41. The van der Waals surface area contributed by atoms with Crippen LogP contribution >= 0.6 is 23.1 Å². The zero-order valence-electron chi connectivity index (χ0n) is 18.1. The summed E-state index contributed by atoms with van der Waals surface area (Å²) in [7, 11) is 0. The minimum absolute atomic E-state index is 0.00465. The molecule has 0 unspecified atom stereocenters. The van der Waals surface area contributed by atoms with Crippen LogP contribution in [0.2, 0.25) is 0 Å². The number of alkyl halides is 3. The first-order chi connectivity index (χ1) is 16.8. The first kappa shape index (κ1) is 23.3. The number of aromatic hydroxyl groups is 1. The standard InChI is InChI=1S/C25H18F3N3O2S2/c26-25(27,28)35-19-7-5-18(6-8-19)31-23(32)21(13-17-15-34-22-4-2-1-3-20(17)22)30(24(31)33)14-16-9-11-29-12-10-16/h1-12,15,32H,13-14H2. The van der Waals surface area contributed by atoms with Gasteiger partial charge in [-0.05, 0) is 76.1 Å². The highest BCUT2D eigenvalue weighted by molar-refractivity contribution is 8.00. The van der Waals surface area contributed by atoms with Crippen molar-refractivity contribution in [2.45, 2.75) is 23.4 Å². The Labute approximate surface area is 206 Å². The molecule has 178 valence electrons. The number of imidazole rings is 1. The van der Waals surface area contributed by atoms with Crippen LogP contribution in [0.1, 0.15) is 16.8 Å². The molecule has 3 aromatic heterocycles. The van der Waals surface area contributed by atoms with Gasteiger partial charge in [0, 0.05) is 28.4 Å². The summed E-state index contributed by atoms with van der Waals surface area (Å²) >= 11 is 1.35. The van der Waals surface area contributed by atoms with E-state index in [0.717, 1.165) is 25.8 Å². The fourth-order valence-corrected chi connectivity index (χ4v) is 5.47. The average Bonchev–Trinajstić information content (AvgIpc) is 3.34. The van der Waals surface area contributed by atoms with E-state index < -0.39 is 11.2 Å². The molecular weight excluding hydrogens is 495 g/mol. The lowest BCUT2D eigenvalue weighted by Gasteiger charge is -2.08. The molecule has 0 spiro atoms. The van der Waals surface area contributed by atoms with E-state index in [1.54, 1.807) is 35.9 Å². The molecular formula is C25H18F3N3O2S2. The summed E-state index contributed by atoms with van der Waals surface area (Å²) in [4.78, 5) is 17.5. The molecule has 1 N–H and O–H groups in total. The van der Waals surface area contributed by atoms with Crippen LogP contribution in [0.25, 0.3) is 15.8 Å². The van der Waals surface area contributed by atoms with Crippen LogP contribution in [0.5, 0.6) is 5.88 Å². The van der Waals surface area contributed by atoms with Gasteiger partial charge < -0.3 is 5.11 Å². The second-order valence-corrected chi connectivity index (χ2v) is 9.86. The summed E-state index contributed by atoms with van der Waals surface area (Å²) in [6.07, 6.45) is 3.56. The van der Waals surface area contributed by atoms with Crippen molar-refractivity contribution < 1.29 is 18.3 Å². The van der Waals surface area contributed by atoms with Gasteiger partial charge in [-0.15, -0.1) is 11.3 Å². The van der Waals surface area contributed by atoms with E-state index in [1.807, 2.05) is 29.6 Å². The monoisotopic (exact) mass is 513 g/mol. The highest BCUT2D eigenvalue weighted by Crippen LogP contribution is 2.37. The second-order valence-electron chi connectivity index (χ2n) is 7.81. The number of thiophene rings is 1. The minimum Gasteiger partial charge on any atom is -0.493 e. The maximum atomic E-state index is 13.5. The van der Waals surface area contributed by atoms with Crippen molar-refractivity contribution in [2.24, 2.45) is 0 Å². The maximum Gasteiger partial charge on any atom is 0.446 e. The zero-order valence-corrected chi connectivity index (χ0v) is 19.7. The molecule has 5 nitrogen and oxygen atoms in total. The quantitative estimate of drug-likeness (QED) is 0.275. The van der Waals surface area contributed by atoms with Crippen molar-refractivity contribution in [2.75, 3.05) is 0 Å². The summed E-state index contributed by atoms with van der Waals surface area (Å²) < 4.78 is 41.9. The van der Waals surface area contributed by atoms with Gasteiger partial charge in [0.25, 0.3) is 0 Å². The van der Waals surface area contributed by atoms with Gasteiger partial charge in [0.05, 0.1) is 17.9 Å². The third-order valence-corrected chi connectivity index (χ3v) is 7.31. The predicted octanol–water partition coefficient (Wildman–Crippen LogP) is 6.21. The van der Waals surface area contributed by atoms with Gasteiger partial charge in [0.1, 0.15) is 0 Å². The summed E-state index contributed by atoms with van der Waals surface area (Å²) in [6.45, 7) is 0.210. The molecule has 0 atom stereocenters. The Kier molecular flexibility index (Phi) is 6.16. The molecule has 0 aliphatic rings. The van der Waals surface area contributed by atoms with Crippen molar-refractivity contribution in [1.29, 1.82) is 0 Å². The number of nitrogens with zero attached hydrogens (tertiary/aromatic N) is 3. The smallest absolute Gasteiger partial charge is 0.446 e. The molecule has 5 aromatic rings. The van der Waals surface area contributed by atoms with Gasteiger partial charge in [-0.25, -0.2) is 9.36 Å². The third-order valence-electron chi connectivity index (χ3n) is 5.56. The Bertz CT molecular complexity index is 1540. The number of pyridine rings is 1. The molecule has 3 heterocycles. The van der Waals surface area contributed by atoms with E-state index in [1.165, 1.54) is 28.8 Å². The van der Waals surface area contributed by atoms with Crippen molar-refractivity contribution in [3.05, 3.63) is 106 Å². The largest absolute Gasteiger partial charge is 0.493 e. The molecule has 0 radical (unpaired) electrons. The van der Waals surface area contributed by atoms with Crippen LogP contribution in [0.3, 0.4) is 0 Å². The molecule has 10 heteroatoms. The topological polar surface area (TPSA) is 60.1 Å². The molecule has 35 heavy (non-hydrogen) atoms. The third kappa shape index (κ3) is 4.85. The molecule has 0 fully saturated rings. The SMILES string of the molecule is O=c1n(Cc2ccncc2)c(Cc2csc3ccccc23)c(O)n1-c1ccc(SC(F)(F)F)cc1. The van der Waals surface area contributed by atoms with E-state index in [0.29, 0.717) is 12.1 Å². The Balaban J connectivity index is 1.60. The Morgan fingerprint density at radius 3 is 2.43 bits per heavy atom. The van der Waals surface area contributed by atoms with Crippen molar-refractivity contribution in [3.63, 3.8) is 0 Å². The Hall–Kier alpha value is -3.50. The molecule has 0 bridgehead atoms. The van der Waals surface area contributed by atoms with E-state index >= 15 is 0 Å². The van der Waals surface area contributed by atoms with E-state index in [-0.39, 0.29) is 34.8 Å². The van der Waals surface area contributed by atoms with Gasteiger partial charge in [-0.3, -0.25) is 9.55 Å². The van der Waals surface area contributed by atoms with Crippen LogP contribution in [0, 0.1) is 0 Å². The zero-order chi connectivity index (χ0) is 24.6.